The van der Waals surface area contributed by atoms with Crippen LogP contribution in [0.1, 0.15) is 12.7 Å². The summed E-state index contributed by atoms with van der Waals surface area (Å²) < 4.78 is 6.89. The number of imide groups is 1. The van der Waals surface area contributed by atoms with Crippen molar-refractivity contribution >= 4 is 40.5 Å². The van der Waals surface area contributed by atoms with Gasteiger partial charge >= 0.3 is 0 Å². The van der Waals surface area contributed by atoms with Crippen LogP contribution in [-0.2, 0) is 9.59 Å². The van der Waals surface area contributed by atoms with E-state index in [4.69, 9.17) is 4.42 Å². The predicted molar refractivity (Wildman–Crippen MR) is 101 cm³/mol. The normalized spacial score (nSPS) is 16.6. The van der Waals surface area contributed by atoms with Crippen molar-refractivity contribution in [2.24, 2.45) is 0 Å². The summed E-state index contributed by atoms with van der Waals surface area (Å²) in [6.45, 7) is 1.59. The van der Waals surface area contributed by atoms with Crippen LogP contribution in [0.5, 0.6) is 0 Å². The van der Waals surface area contributed by atoms with Gasteiger partial charge in [-0.2, -0.15) is 5.26 Å². The van der Waals surface area contributed by atoms with Gasteiger partial charge in [0.05, 0.1) is 0 Å². The van der Waals surface area contributed by atoms with Gasteiger partial charge in [0.15, 0.2) is 0 Å². The van der Waals surface area contributed by atoms with Gasteiger partial charge in [0, 0.05) is 21.8 Å². The predicted octanol–water partition coefficient (Wildman–Crippen LogP) is 3.77. The van der Waals surface area contributed by atoms with Crippen molar-refractivity contribution in [1.82, 2.24) is 4.90 Å². The van der Waals surface area contributed by atoms with Crippen molar-refractivity contribution in [3.8, 4) is 17.4 Å². The van der Waals surface area contributed by atoms with E-state index >= 15 is 0 Å². The second-order valence-corrected chi connectivity index (χ2v) is 6.68. The molecule has 2 amide bonds. The number of furan rings is 1. The van der Waals surface area contributed by atoms with Gasteiger partial charge in [0.25, 0.3) is 11.8 Å². The number of nitrogens with zero attached hydrogens (tertiary/aromatic N) is 2. The lowest BCUT2D eigenvalue weighted by atomic mass is 9.95. The highest BCUT2D eigenvalue weighted by Gasteiger charge is 2.33. The zero-order valence-corrected chi connectivity index (χ0v) is 15.7. The monoisotopic (exact) mass is 444 g/mol. The highest BCUT2D eigenvalue weighted by Crippen LogP contribution is 2.30. The third-order valence-corrected chi connectivity index (χ3v) is 4.94. The molecular weight excluding hydrogens is 431 g/mol. The van der Waals surface area contributed by atoms with E-state index in [1.165, 1.54) is 7.05 Å². The quantitative estimate of drug-likeness (QED) is 0.402. The molecule has 5 nitrogen and oxygen atoms in total. The zero-order valence-electron chi connectivity index (χ0n) is 13.5. The summed E-state index contributed by atoms with van der Waals surface area (Å²) in [6, 6.07) is 13.3. The molecule has 0 radical (unpaired) electrons. The molecule has 0 saturated carbocycles. The molecule has 0 aliphatic carbocycles. The lowest BCUT2D eigenvalue weighted by Crippen LogP contribution is -2.39. The van der Waals surface area contributed by atoms with Crippen molar-refractivity contribution in [2.45, 2.75) is 6.92 Å². The summed E-state index contributed by atoms with van der Waals surface area (Å²) in [7, 11) is 1.36. The highest BCUT2D eigenvalue weighted by molar-refractivity contribution is 14.1. The number of nitriles is 1. The summed E-state index contributed by atoms with van der Waals surface area (Å²) in [5.74, 6) is 0.138. The third kappa shape index (κ3) is 3.03. The second-order valence-electron chi connectivity index (χ2n) is 5.52. The van der Waals surface area contributed by atoms with Crippen molar-refractivity contribution in [1.29, 1.82) is 5.26 Å². The molecule has 2 heterocycles. The van der Waals surface area contributed by atoms with Crippen LogP contribution in [0.25, 0.3) is 17.4 Å². The smallest absolute Gasteiger partial charge is 0.271 e. The number of hydrogen-bond acceptors (Lipinski definition) is 4. The van der Waals surface area contributed by atoms with Crippen molar-refractivity contribution < 1.29 is 14.0 Å². The van der Waals surface area contributed by atoms with Gasteiger partial charge in [-0.15, -0.1) is 0 Å². The average Bonchev–Trinajstić information content (AvgIpc) is 3.06. The van der Waals surface area contributed by atoms with Crippen molar-refractivity contribution in [3.63, 3.8) is 0 Å². The lowest BCUT2D eigenvalue weighted by molar-refractivity contribution is -0.138. The topological polar surface area (TPSA) is 74.3 Å². The molecular formula is C19H13IN2O3. The molecule has 0 fully saturated rings. The Labute approximate surface area is 158 Å². The van der Waals surface area contributed by atoms with Gasteiger partial charge in [-0.3, -0.25) is 14.5 Å². The molecule has 1 aliphatic heterocycles. The molecule has 3 rings (SSSR count). The Balaban J connectivity index is 2.05. The largest absolute Gasteiger partial charge is 0.457 e. The fraction of sp³-hybridized carbons (Fsp3) is 0.105. The van der Waals surface area contributed by atoms with Gasteiger partial charge in [-0.05, 0) is 59.4 Å². The first kappa shape index (κ1) is 17.2. The van der Waals surface area contributed by atoms with E-state index in [0.29, 0.717) is 17.1 Å². The molecule has 0 saturated heterocycles. The average molecular weight is 444 g/mol. The molecule has 25 heavy (non-hydrogen) atoms. The number of carbonyl (C=O) groups is 2. The van der Waals surface area contributed by atoms with E-state index in [1.807, 2.05) is 36.4 Å². The van der Waals surface area contributed by atoms with Crippen LogP contribution in [0.3, 0.4) is 0 Å². The van der Waals surface area contributed by atoms with Gasteiger partial charge in [0.1, 0.15) is 23.2 Å². The molecule has 1 aromatic carbocycles. The highest BCUT2D eigenvalue weighted by atomic mass is 127. The van der Waals surface area contributed by atoms with Gasteiger partial charge in [0.2, 0.25) is 0 Å². The fourth-order valence-corrected chi connectivity index (χ4v) is 3.23. The summed E-state index contributed by atoms with van der Waals surface area (Å²) in [5, 5.41) is 9.18. The number of hydrogen-bond donors (Lipinski definition) is 0. The van der Waals surface area contributed by atoms with Gasteiger partial charge < -0.3 is 4.42 Å². The maximum absolute atomic E-state index is 12.4. The van der Waals surface area contributed by atoms with Crippen molar-refractivity contribution in [3.05, 3.63) is 62.4 Å². The minimum atomic E-state index is -0.582. The van der Waals surface area contributed by atoms with Crippen LogP contribution in [0.2, 0.25) is 0 Å². The Hall–Kier alpha value is -2.66. The molecule has 2 aromatic rings. The summed E-state index contributed by atoms with van der Waals surface area (Å²) in [4.78, 5) is 25.3. The maximum Gasteiger partial charge on any atom is 0.271 e. The Morgan fingerprint density at radius 3 is 2.56 bits per heavy atom. The third-order valence-electron chi connectivity index (χ3n) is 4.00. The molecule has 0 spiro atoms. The summed E-state index contributed by atoms with van der Waals surface area (Å²) >= 11 is 2.23. The minimum Gasteiger partial charge on any atom is -0.457 e. The minimum absolute atomic E-state index is 0.0299. The van der Waals surface area contributed by atoms with Crippen LogP contribution in [0, 0.1) is 14.9 Å². The number of carbonyl (C=O) groups excluding carboxylic acids is 2. The Morgan fingerprint density at radius 1 is 1.16 bits per heavy atom. The fourth-order valence-electron chi connectivity index (χ4n) is 2.58. The van der Waals surface area contributed by atoms with Gasteiger partial charge in [-0.1, -0.05) is 18.2 Å². The standard InChI is InChI=1S/C19H13IN2O3/c1-11-14(18(23)22(2)19(24)15(11)10-21)9-12-7-8-17(25-12)13-5-3-4-6-16(13)20/h3-9H,1-2H3/b14-9+. The Kier molecular flexibility index (Phi) is 4.59. The summed E-state index contributed by atoms with van der Waals surface area (Å²) in [5.41, 5.74) is 1.57. The number of rotatable bonds is 2. The van der Waals surface area contributed by atoms with E-state index in [2.05, 4.69) is 22.6 Å². The first-order chi connectivity index (χ1) is 11.9. The number of amides is 2. The maximum atomic E-state index is 12.4. The molecule has 6 heteroatoms. The molecule has 0 unspecified atom stereocenters. The van der Waals surface area contributed by atoms with Crippen LogP contribution in [0.15, 0.2) is 57.5 Å². The van der Waals surface area contributed by atoms with E-state index in [0.717, 1.165) is 14.0 Å². The van der Waals surface area contributed by atoms with E-state index in [-0.39, 0.29) is 11.1 Å². The van der Waals surface area contributed by atoms with Crippen LogP contribution in [-0.4, -0.2) is 23.8 Å². The Bertz CT molecular complexity index is 992. The van der Waals surface area contributed by atoms with Crippen molar-refractivity contribution in [2.75, 3.05) is 7.05 Å². The van der Waals surface area contributed by atoms with E-state index in [9.17, 15) is 14.9 Å². The molecule has 1 aromatic heterocycles. The number of likely N-dealkylation sites (N-methyl/N-ethyl adjacent to an activating group) is 1. The molecule has 1 aliphatic rings. The van der Waals surface area contributed by atoms with E-state index in [1.54, 1.807) is 19.1 Å². The molecule has 0 N–H and O–H groups in total. The van der Waals surface area contributed by atoms with Crippen LogP contribution in [0.4, 0.5) is 0 Å². The number of halogens is 1. The lowest BCUT2D eigenvalue weighted by Gasteiger charge is -2.23. The molecule has 0 bridgehead atoms. The Morgan fingerprint density at radius 2 is 1.88 bits per heavy atom. The first-order valence-electron chi connectivity index (χ1n) is 7.44. The SMILES string of the molecule is CC1=C(C#N)C(=O)N(C)C(=O)/C1=C/c1ccc(-c2ccccc2I)o1. The first-order valence-corrected chi connectivity index (χ1v) is 8.52. The van der Waals surface area contributed by atoms with E-state index < -0.39 is 11.8 Å². The zero-order chi connectivity index (χ0) is 18.1. The number of benzene rings is 1. The van der Waals surface area contributed by atoms with Gasteiger partial charge in [-0.25, -0.2) is 0 Å². The molecule has 0 atom stereocenters. The summed E-state index contributed by atoms with van der Waals surface area (Å²) in [6.07, 6.45) is 1.57. The van der Waals surface area contributed by atoms with Crippen LogP contribution >= 0.6 is 22.6 Å². The molecule has 124 valence electrons. The van der Waals surface area contributed by atoms with Crippen LogP contribution < -0.4 is 0 Å². The second kappa shape index (κ2) is 6.69.